The molecule has 0 saturated heterocycles. The van der Waals surface area contributed by atoms with Gasteiger partial charge in [0.1, 0.15) is 0 Å². The van der Waals surface area contributed by atoms with E-state index < -0.39 is 5.92 Å². The van der Waals surface area contributed by atoms with Crippen LogP contribution in [0.25, 0.3) is 0 Å². The van der Waals surface area contributed by atoms with Crippen molar-refractivity contribution in [3.05, 3.63) is 0 Å². The molecule has 0 heterocycles. The van der Waals surface area contributed by atoms with E-state index in [4.69, 9.17) is 5.84 Å². The molecule has 0 aromatic heterocycles. The Morgan fingerprint density at radius 3 is 2.21 bits per heavy atom. The maximum atomic E-state index is 13.5. The van der Waals surface area contributed by atoms with Crippen molar-refractivity contribution in [1.82, 2.24) is 5.43 Å². The number of nitrogens with one attached hydrogen (secondary N) is 1. The van der Waals surface area contributed by atoms with Gasteiger partial charge in [0, 0.05) is 18.9 Å². The lowest BCUT2D eigenvalue weighted by molar-refractivity contribution is -0.0559. The topological polar surface area (TPSA) is 38.0 Å². The van der Waals surface area contributed by atoms with E-state index >= 15 is 0 Å². The Labute approximate surface area is 114 Å². The molecule has 0 aromatic carbocycles. The fourth-order valence-corrected chi connectivity index (χ4v) is 4.18. The third-order valence-electron chi connectivity index (χ3n) is 5.34. The minimum Gasteiger partial charge on any atom is -0.271 e. The van der Waals surface area contributed by atoms with E-state index in [1.807, 2.05) is 0 Å². The molecule has 3 rings (SSSR count). The lowest BCUT2D eigenvalue weighted by Crippen LogP contribution is -2.44. The number of nitrogens with two attached hydrogens (primary N) is 1. The maximum Gasteiger partial charge on any atom is 0.248 e. The van der Waals surface area contributed by atoms with Crippen molar-refractivity contribution in [1.29, 1.82) is 0 Å². The van der Waals surface area contributed by atoms with Crippen LogP contribution in [0.4, 0.5) is 8.78 Å². The first kappa shape index (κ1) is 13.7. The summed E-state index contributed by atoms with van der Waals surface area (Å²) in [7, 11) is 0. The molecule has 3 saturated carbocycles. The summed E-state index contributed by atoms with van der Waals surface area (Å²) >= 11 is 0. The predicted octanol–water partition coefficient (Wildman–Crippen LogP) is 3.47. The SMILES string of the molecule is NNC(CC1CCCC(F)(F)C1)C(C1CC1)C1CC1. The molecule has 2 nitrogen and oxygen atoms in total. The van der Waals surface area contributed by atoms with Crippen LogP contribution in [0.2, 0.25) is 0 Å². The van der Waals surface area contributed by atoms with E-state index in [1.165, 1.54) is 25.7 Å². The van der Waals surface area contributed by atoms with Crippen LogP contribution in [-0.4, -0.2) is 12.0 Å². The average Bonchev–Trinajstić information content (AvgIpc) is 3.21. The van der Waals surface area contributed by atoms with E-state index in [-0.39, 0.29) is 24.8 Å². The number of halogens is 2. The first-order valence-corrected chi connectivity index (χ1v) is 7.93. The smallest absolute Gasteiger partial charge is 0.248 e. The van der Waals surface area contributed by atoms with Gasteiger partial charge in [-0.15, -0.1) is 0 Å². The summed E-state index contributed by atoms with van der Waals surface area (Å²) in [6.07, 6.45) is 7.92. The van der Waals surface area contributed by atoms with Gasteiger partial charge in [-0.25, -0.2) is 8.78 Å². The van der Waals surface area contributed by atoms with Crippen molar-refractivity contribution in [2.75, 3.05) is 0 Å². The highest BCUT2D eigenvalue weighted by atomic mass is 19.3. The summed E-state index contributed by atoms with van der Waals surface area (Å²) in [4.78, 5) is 0. The first-order valence-electron chi connectivity index (χ1n) is 7.93. The van der Waals surface area contributed by atoms with Gasteiger partial charge < -0.3 is 0 Å². The lowest BCUT2D eigenvalue weighted by Gasteiger charge is -2.34. The van der Waals surface area contributed by atoms with Crippen LogP contribution in [0.3, 0.4) is 0 Å². The highest BCUT2D eigenvalue weighted by Crippen LogP contribution is 2.52. The number of hydrazine groups is 1. The first-order chi connectivity index (χ1) is 9.09. The van der Waals surface area contributed by atoms with E-state index in [1.54, 1.807) is 0 Å². The van der Waals surface area contributed by atoms with Crippen LogP contribution < -0.4 is 11.3 Å². The van der Waals surface area contributed by atoms with Crippen LogP contribution in [0.5, 0.6) is 0 Å². The highest BCUT2D eigenvalue weighted by molar-refractivity contribution is 4.97. The van der Waals surface area contributed by atoms with Gasteiger partial charge in [-0.3, -0.25) is 11.3 Å². The van der Waals surface area contributed by atoms with Crippen molar-refractivity contribution in [3.63, 3.8) is 0 Å². The number of hydrogen-bond acceptors (Lipinski definition) is 2. The van der Waals surface area contributed by atoms with Gasteiger partial charge in [0.15, 0.2) is 0 Å². The molecular weight excluding hydrogens is 246 g/mol. The second-order valence-electron chi connectivity index (χ2n) is 7.08. The summed E-state index contributed by atoms with van der Waals surface area (Å²) in [5.41, 5.74) is 2.97. The monoisotopic (exact) mass is 272 g/mol. The maximum absolute atomic E-state index is 13.5. The zero-order valence-corrected chi connectivity index (χ0v) is 11.6. The van der Waals surface area contributed by atoms with Gasteiger partial charge in [-0.2, -0.15) is 0 Å². The van der Waals surface area contributed by atoms with Gasteiger partial charge >= 0.3 is 0 Å². The molecule has 2 atom stereocenters. The molecule has 4 heteroatoms. The second kappa shape index (κ2) is 5.28. The molecule has 3 aliphatic carbocycles. The molecule has 19 heavy (non-hydrogen) atoms. The summed E-state index contributed by atoms with van der Waals surface area (Å²) in [6.45, 7) is 0. The Kier molecular flexibility index (Phi) is 3.82. The number of alkyl halides is 2. The van der Waals surface area contributed by atoms with Gasteiger partial charge in [0.25, 0.3) is 0 Å². The second-order valence-corrected chi connectivity index (χ2v) is 7.08. The van der Waals surface area contributed by atoms with Crippen molar-refractivity contribution in [3.8, 4) is 0 Å². The van der Waals surface area contributed by atoms with Crippen LogP contribution in [-0.2, 0) is 0 Å². The van der Waals surface area contributed by atoms with Crippen LogP contribution >= 0.6 is 0 Å². The fourth-order valence-electron chi connectivity index (χ4n) is 4.18. The van der Waals surface area contributed by atoms with Gasteiger partial charge in [-0.05, 0) is 68.6 Å². The zero-order chi connectivity index (χ0) is 13.5. The third kappa shape index (κ3) is 3.46. The summed E-state index contributed by atoms with van der Waals surface area (Å²) < 4.78 is 27.0. The number of hydrogen-bond donors (Lipinski definition) is 2. The van der Waals surface area contributed by atoms with Crippen LogP contribution in [0, 0.1) is 23.7 Å². The molecular formula is C15H26F2N2. The number of rotatable bonds is 6. The Bertz CT molecular complexity index is 301. The minimum absolute atomic E-state index is 0.0766. The summed E-state index contributed by atoms with van der Waals surface area (Å²) in [5, 5.41) is 0. The standard InChI is InChI=1S/C15H26F2N2/c16-15(17)7-1-2-10(9-15)8-13(19-18)14(11-3-4-11)12-5-6-12/h10-14,19H,1-9,18H2. The molecule has 110 valence electrons. The van der Waals surface area contributed by atoms with Crippen molar-refractivity contribution in [2.45, 2.75) is 69.8 Å². The van der Waals surface area contributed by atoms with E-state index in [0.717, 1.165) is 24.7 Å². The molecule has 0 aliphatic heterocycles. The molecule has 2 unspecified atom stereocenters. The Hall–Kier alpha value is -0.220. The highest BCUT2D eigenvalue weighted by Gasteiger charge is 2.46. The third-order valence-corrected chi connectivity index (χ3v) is 5.34. The van der Waals surface area contributed by atoms with Gasteiger partial charge in [0.2, 0.25) is 5.92 Å². The van der Waals surface area contributed by atoms with E-state index in [2.05, 4.69) is 5.43 Å². The van der Waals surface area contributed by atoms with Crippen molar-refractivity contribution < 1.29 is 8.78 Å². The normalized spacial score (nSPS) is 32.5. The fraction of sp³-hybridized carbons (Fsp3) is 1.00. The minimum atomic E-state index is -2.43. The Balaban J connectivity index is 1.59. The molecule has 0 aromatic rings. The lowest BCUT2D eigenvalue weighted by atomic mass is 9.78. The molecule has 3 fully saturated rings. The Morgan fingerprint density at radius 2 is 1.74 bits per heavy atom. The molecule has 0 bridgehead atoms. The van der Waals surface area contributed by atoms with Crippen molar-refractivity contribution in [2.24, 2.45) is 29.5 Å². The van der Waals surface area contributed by atoms with Gasteiger partial charge in [0.05, 0.1) is 0 Å². The zero-order valence-electron chi connectivity index (χ0n) is 11.6. The van der Waals surface area contributed by atoms with Crippen LogP contribution in [0.15, 0.2) is 0 Å². The molecule has 0 radical (unpaired) electrons. The molecule has 3 N–H and O–H groups in total. The average molecular weight is 272 g/mol. The summed E-state index contributed by atoms with van der Waals surface area (Å²) in [5.74, 6) is 5.76. The van der Waals surface area contributed by atoms with E-state index in [9.17, 15) is 8.78 Å². The molecule has 0 spiro atoms. The molecule has 0 amide bonds. The van der Waals surface area contributed by atoms with Crippen LogP contribution in [0.1, 0.15) is 57.8 Å². The predicted molar refractivity (Wildman–Crippen MR) is 71.6 cm³/mol. The quantitative estimate of drug-likeness (QED) is 0.574. The molecule has 3 aliphatic rings. The largest absolute Gasteiger partial charge is 0.271 e. The van der Waals surface area contributed by atoms with Gasteiger partial charge in [-0.1, -0.05) is 0 Å². The summed E-state index contributed by atoms with van der Waals surface area (Å²) in [6, 6.07) is 0.263. The Morgan fingerprint density at radius 1 is 1.11 bits per heavy atom. The van der Waals surface area contributed by atoms with E-state index in [0.29, 0.717) is 12.3 Å². The van der Waals surface area contributed by atoms with Crippen molar-refractivity contribution >= 4 is 0 Å².